The summed E-state index contributed by atoms with van der Waals surface area (Å²) >= 11 is 0. The molecule has 1 N–H and O–H groups in total. The van der Waals surface area contributed by atoms with Gasteiger partial charge in [-0.1, -0.05) is 54.1 Å². The number of hydrogen-bond acceptors (Lipinski definition) is 3. The molecule has 5 nitrogen and oxygen atoms in total. The van der Waals surface area contributed by atoms with Crippen LogP contribution in [0.2, 0.25) is 0 Å². The molecular formula is C27H32N2O3S. The zero-order valence-electron chi connectivity index (χ0n) is 20.1. The molecule has 174 valence electrons. The van der Waals surface area contributed by atoms with E-state index in [1.54, 1.807) is 12.1 Å². The number of para-hydroxylation sites is 1. The maximum Gasteiger partial charge on any atom is 0.251 e. The molecule has 0 spiro atoms. The van der Waals surface area contributed by atoms with Crippen LogP contribution < -0.4 is 9.62 Å². The topological polar surface area (TPSA) is 66.5 Å². The van der Waals surface area contributed by atoms with Gasteiger partial charge in [-0.05, 0) is 74.6 Å². The lowest BCUT2D eigenvalue weighted by atomic mass is 9.99. The average molecular weight is 465 g/mol. The van der Waals surface area contributed by atoms with Crippen molar-refractivity contribution in [3.05, 3.63) is 99.6 Å². The van der Waals surface area contributed by atoms with Crippen molar-refractivity contribution in [2.75, 3.05) is 10.6 Å². The molecule has 33 heavy (non-hydrogen) atoms. The van der Waals surface area contributed by atoms with Gasteiger partial charge in [0.25, 0.3) is 5.91 Å². The van der Waals surface area contributed by atoms with Crippen LogP contribution in [0.15, 0.2) is 60.7 Å². The number of carbonyl (C=O) groups excluding carboxylic acids is 1. The van der Waals surface area contributed by atoms with Crippen LogP contribution >= 0.6 is 0 Å². The minimum atomic E-state index is -3.49. The molecular weight excluding hydrogens is 432 g/mol. The summed E-state index contributed by atoms with van der Waals surface area (Å²) in [5.74, 6) is -0.162. The van der Waals surface area contributed by atoms with E-state index in [9.17, 15) is 13.2 Å². The van der Waals surface area contributed by atoms with E-state index in [0.29, 0.717) is 11.3 Å². The predicted octanol–water partition coefficient (Wildman–Crippen LogP) is 5.38. The lowest BCUT2D eigenvalue weighted by molar-refractivity contribution is 0.0939. The summed E-state index contributed by atoms with van der Waals surface area (Å²) in [4.78, 5) is 12.8. The summed E-state index contributed by atoms with van der Waals surface area (Å²) in [5.41, 5.74) is 7.22. The highest BCUT2D eigenvalue weighted by Crippen LogP contribution is 2.28. The van der Waals surface area contributed by atoms with Crippen LogP contribution in [0.25, 0.3) is 0 Å². The van der Waals surface area contributed by atoms with Gasteiger partial charge >= 0.3 is 0 Å². The van der Waals surface area contributed by atoms with E-state index in [2.05, 4.69) is 23.5 Å². The number of nitrogens with one attached hydrogen (secondary N) is 1. The average Bonchev–Trinajstić information content (AvgIpc) is 2.74. The van der Waals surface area contributed by atoms with Crippen LogP contribution in [-0.4, -0.2) is 20.6 Å². The van der Waals surface area contributed by atoms with Crippen molar-refractivity contribution in [2.45, 2.75) is 47.2 Å². The summed E-state index contributed by atoms with van der Waals surface area (Å²) < 4.78 is 26.6. The zero-order valence-corrected chi connectivity index (χ0v) is 21.0. The predicted molar refractivity (Wildman–Crippen MR) is 135 cm³/mol. The van der Waals surface area contributed by atoms with E-state index >= 15 is 0 Å². The van der Waals surface area contributed by atoms with Crippen LogP contribution in [0.1, 0.15) is 56.7 Å². The van der Waals surface area contributed by atoms with Crippen molar-refractivity contribution in [1.82, 2.24) is 5.32 Å². The number of amides is 1. The van der Waals surface area contributed by atoms with Crippen molar-refractivity contribution in [3.8, 4) is 0 Å². The third-order valence-electron chi connectivity index (χ3n) is 5.88. The maximum absolute atomic E-state index is 12.8. The number of anilines is 1. The number of hydrogen-bond donors (Lipinski definition) is 1. The molecule has 0 radical (unpaired) electrons. The van der Waals surface area contributed by atoms with E-state index in [1.165, 1.54) is 10.6 Å². The fourth-order valence-corrected chi connectivity index (χ4v) is 5.08. The van der Waals surface area contributed by atoms with Crippen molar-refractivity contribution in [1.29, 1.82) is 0 Å². The fraction of sp³-hybridized carbons (Fsp3) is 0.296. The van der Waals surface area contributed by atoms with Gasteiger partial charge in [0, 0.05) is 5.56 Å². The first-order chi connectivity index (χ1) is 15.5. The number of benzene rings is 3. The van der Waals surface area contributed by atoms with Gasteiger partial charge in [0.15, 0.2) is 0 Å². The van der Waals surface area contributed by atoms with Gasteiger partial charge in [-0.15, -0.1) is 0 Å². The Morgan fingerprint density at radius 2 is 1.52 bits per heavy atom. The van der Waals surface area contributed by atoms with Gasteiger partial charge in [0.2, 0.25) is 10.0 Å². The third-order valence-corrected chi connectivity index (χ3v) is 6.99. The van der Waals surface area contributed by atoms with Gasteiger partial charge in [-0.3, -0.25) is 9.10 Å². The smallest absolute Gasteiger partial charge is 0.251 e. The molecule has 1 amide bonds. The van der Waals surface area contributed by atoms with E-state index < -0.39 is 10.0 Å². The molecule has 1 atom stereocenters. The van der Waals surface area contributed by atoms with Gasteiger partial charge in [-0.25, -0.2) is 8.42 Å². The van der Waals surface area contributed by atoms with Crippen LogP contribution in [0.4, 0.5) is 5.69 Å². The normalized spacial score (nSPS) is 12.3. The highest BCUT2D eigenvalue weighted by molar-refractivity contribution is 7.92. The number of sulfonamides is 1. The van der Waals surface area contributed by atoms with Crippen molar-refractivity contribution < 1.29 is 13.2 Å². The minimum absolute atomic E-state index is 0.123. The molecule has 0 aliphatic heterocycles. The molecule has 3 aromatic rings. The Hall–Kier alpha value is -3.12. The Bertz CT molecular complexity index is 1240. The Morgan fingerprint density at radius 3 is 2.09 bits per heavy atom. The molecule has 0 heterocycles. The molecule has 0 aromatic heterocycles. The highest BCUT2D eigenvalue weighted by atomic mass is 32.2. The lowest BCUT2D eigenvalue weighted by Gasteiger charge is -2.26. The molecule has 0 saturated heterocycles. The van der Waals surface area contributed by atoms with Crippen LogP contribution in [-0.2, 0) is 16.6 Å². The summed E-state index contributed by atoms with van der Waals surface area (Å²) in [7, 11) is -3.49. The van der Waals surface area contributed by atoms with E-state index in [-0.39, 0.29) is 18.5 Å². The molecule has 0 bridgehead atoms. The van der Waals surface area contributed by atoms with Crippen molar-refractivity contribution in [2.24, 2.45) is 0 Å². The SMILES string of the molecule is Cc1ccc(C)c(C(C)NC(=O)c2ccc(CN(c3c(C)cccc3C)S(C)(=O)=O)cc2)c1. The van der Waals surface area contributed by atoms with Crippen molar-refractivity contribution in [3.63, 3.8) is 0 Å². The summed E-state index contributed by atoms with van der Waals surface area (Å²) in [5, 5.41) is 3.06. The second kappa shape index (κ2) is 9.79. The van der Waals surface area contributed by atoms with E-state index in [1.807, 2.05) is 65.0 Å². The minimum Gasteiger partial charge on any atom is -0.346 e. The molecule has 3 aromatic carbocycles. The number of rotatable bonds is 7. The summed E-state index contributed by atoms with van der Waals surface area (Å²) in [6.45, 7) is 10.1. The second-order valence-electron chi connectivity index (χ2n) is 8.76. The maximum atomic E-state index is 12.8. The lowest BCUT2D eigenvalue weighted by Crippen LogP contribution is -2.30. The van der Waals surface area contributed by atoms with E-state index in [0.717, 1.165) is 33.4 Å². The molecule has 6 heteroatoms. The molecule has 0 aliphatic carbocycles. The first-order valence-electron chi connectivity index (χ1n) is 11.0. The second-order valence-corrected chi connectivity index (χ2v) is 10.7. The van der Waals surface area contributed by atoms with E-state index in [4.69, 9.17) is 0 Å². The Kier molecular flexibility index (Phi) is 7.28. The highest BCUT2D eigenvalue weighted by Gasteiger charge is 2.21. The quantitative estimate of drug-likeness (QED) is 0.511. The summed E-state index contributed by atoms with van der Waals surface area (Å²) in [6.07, 6.45) is 1.22. The summed E-state index contributed by atoms with van der Waals surface area (Å²) in [6, 6.07) is 18.9. The molecule has 0 saturated carbocycles. The Labute approximate surface area is 197 Å². The molecule has 3 rings (SSSR count). The van der Waals surface area contributed by atoms with Gasteiger partial charge in [0.05, 0.1) is 24.5 Å². The third kappa shape index (κ3) is 5.82. The first kappa shape index (κ1) is 24.5. The standard InChI is InChI=1S/C27H32N2O3S/c1-18-10-11-19(2)25(16-18)22(5)28-27(30)24-14-12-23(13-15-24)17-29(33(6,31)32)26-20(3)8-7-9-21(26)4/h7-16,22H,17H2,1-6H3,(H,28,30). The number of aryl methyl sites for hydroxylation is 4. The Morgan fingerprint density at radius 1 is 0.909 bits per heavy atom. The van der Waals surface area contributed by atoms with Crippen LogP contribution in [0, 0.1) is 27.7 Å². The van der Waals surface area contributed by atoms with Crippen LogP contribution in [0.5, 0.6) is 0 Å². The Balaban J connectivity index is 1.78. The first-order valence-corrected chi connectivity index (χ1v) is 12.8. The van der Waals surface area contributed by atoms with Crippen LogP contribution in [0.3, 0.4) is 0 Å². The number of nitrogens with zero attached hydrogens (tertiary/aromatic N) is 1. The molecule has 1 unspecified atom stereocenters. The van der Waals surface area contributed by atoms with Gasteiger partial charge in [0.1, 0.15) is 0 Å². The zero-order chi connectivity index (χ0) is 24.3. The fourth-order valence-electron chi connectivity index (χ4n) is 4.07. The van der Waals surface area contributed by atoms with Gasteiger partial charge in [-0.2, -0.15) is 0 Å². The monoisotopic (exact) mass is 464 g/mol. The molecule has 0 aliphatic rings. The molecule has 0 fully saturated rings. The number of carbonyl (C=O) groups is 1. The van der Waals surface area contributed by atoms with Crippen molar-refractivity contribution >= 4 is 21.6 Å². The largest absolute Gasteiger partial charge is 0.346 e. The van der Waals surface area contributed by atoms with Gasteiger partial charge < -0.3 is 5.32 Å².